The lowest BCUT2D eigenvalue weighted by Gasteiger charge is -2.20. The van der Waals surface area contributed by atoms with Crippen molar-refractivity contribution >= 4 is 17.7 Å². The maximum atomic E-state index is 12.5. The topological polar surface area (TPSA) is 86.7 Å². The average Bonchev–Trinajstić information content (AvgIpc) is 3.24. The van der Waals surface area contributed by atoms with Crippen molar-refractivity contribution in [3.63, 3.8) is 0 Å². The van der Waals surface area contributed by atoms with E-state index in [2.05, 4.69) is 5.43 Å². The van der Waals surface area contributed by atoms with Crippen LogP contribution in [0.1, 0.15) is 18.1 Å². The van der Waals surface area contributed by atoms with E-state index >= 15 is 0 Å². The van der Waals surface area contributed by atoms with Gasteiger partial charge in [-0.2, -0.15) is 5.01 Å². The van der Waals surface area contributed by atoms with Gasteiger partial charge >= 0.3 is 0 Å². The van der Waals surface area contributed by atoms with E-state index in [9.17, 15) is 19.5 Å². The standard InChI is InChI=1S/C17H16N2O4/c20-14(9-4-2-1-3-5-9)15(21)18-19-16(22)12-10-6-7-11(8-10)13(12)17(19)23/h1-7,10-14,20H,8H2,(H,18,21)/t10-,11+,12+,13-,14-/m1/s1. The number of carbonyl (C=O) groups is 3. The zero-order chi connectivity index (χ0) is 16.1. The zero-order valence-electron chi connectivity index (χ0n) is 12.3. The molecule has 1 saturated carbocycles. The van der Waals surface area contributed by atoms with Gasteiger partial charge < -0.3 is 5.11 Å². The summed E-state index contributed by atoms with van der Waals surface area (Å²) < 4.78 is 0. The van der Waals surface area contributed by atoms with Gasteiger partial charge in [0, 0.05) is 0 Å². The quantitative estimate of drug-likeness (QED) is 0.631. The Labute approximate surface area is 132 Å². The fraction of sp³-hybridized carbons (Fsp3) is 0.353. The van der Waals surface area contributed by atoms with E-state index in [1.807, 2.05) is 12.2 Å². The molecule has 23 heavy (non-hydrogen) atoms. The molecule has 6 heteroatoms. The first-order chi connectivity index (χ1) is 11.1. The molecule has 5 atom stereocenters. The van der Waals surface area contributed by atoms with Crippen LogP contribution in [0.15, 0.2) is 42.5 Å². The van der Waals surface area contributed by atoms with Crippen molar-refractivity contribution in [3.8, 4) is 0 Å². The van der Waals surface area contributed by atoms with Crippen molar-refractivity contribution < 1.29 is 19.5 Å². The summed E-state index contributed by atoms with van der Waals surface area (Å²) in [6.07, 6.45) is 3.39. The molecule has 4 rings (SSSR count). The maximum Gasteiger partial charge on any atom is 0.272 e. The Hall–Kier alpha value is -2.47. The number of hydrazine groups is 1. The molecule has 2 aliphatic carbocycles. The van der Waals surface area contributed by atoms with Gasteiger partial charge in [-0.05, 0) is 23.8 Å². The Balaban J connectivity index is 1.51. The van der Waals surface area contributed by atoms with E-state index in [-0.39, 0.29) is 35.5 Å². The van der Waals surface area contributed by atoms with Crippen LogP contribution in [-0.2, 0) is 14.4 Å². The van der Waals surface area contributed by atoms with E-state index < -0.39 is 12.0 Å². The zero-order valence-corrected chi connectivity index (χ0v) is 12.3. The number of hydrogen-bond donors (Lipinski definition) is 2. The van der Waals surface area contributed by atoms with Gasteiger partial charge in [-0.1, -0.05) is 42.5 Å². The fourth-order valence-electron chi connectivity index (χ4n) is 3.97. The molecule has 6 nitrogen and oxygen atoms in total. The first-order valence-electron chi connectivity index (χ1n) is 7.67. The minimum Gasteiger partial charge on any atom is -0.378 e. The minimum absolute atomic E-state index is 0.0856. The van der Waals surface area contributed by atoms with E-state index in [0.717, 1.165) is 11.4 Å². The predicted molar refractivity (Wildman–Crippen MR) is 79.1 cm³/mol. The van der Waals surface area contributed by atoms with Crippen molar-refractivity contribution in [1.29, 1.82) is 0 Å². The second-order valence-electron chi connectivity index (χ2n) is 6.30. The number of aliphatic hydroxyl groups excluding tert-OH is 1. The van der Waals surface area contributed by atoms with E-state index in [1.54, 1.807) is 30.3 Å². The second-order valence-corrected chi connectivity index (χ2v) is 6.30. The third-order valence-corrected chi connectivity index (χ3v) is 5.06. The number of hydrogen-bond acceptors (Lipinski definition) is 4. The van der Waals surface area contributed by atoms with Crippen LogP contribution in [-0.4, -0.2) is 27.8 Å². The number of imide groups is 1. The summed E-state index contributed by atoms with van der Waals surface area (Å²) in [5.41, 5.74) is 2.70. The van der Waals surface area contributed by atoms with Gasteiger partial charge in [-0.3, -0.25) is 19.8 Å². The molecule has 1 aromatic carbocycles. The van der Waals surface area contributed by atoms with E-state index in [1.165, 1.54) is 0 Å². The molecule has 1 saturated heterocycles. The Morgan fingerprint density at radius 2 is 1.65 bits per heavy atom. The van der Waals surface area contributed by atoms with Crippen molar-refractivity contribution in [1.82, 2.24) is 10.4 Å². The maximum absolute atomic E-state index is 12.5. The van der Waals surface area contributed by atoms with Crippen LogP contribution in [0.2, 0.25) is 0 Å². The van der Waals surface area contributed by atoms with Crippen LogP contribution in [0.5, 0.6) is 0 Å². The molecule has 1 aliphatic heterocycles. The molecule has 2 N–H and O–H groups in total. The summed E-state index contributed by atoms with van der Waals surface area (Å²) >= 11 is 0. The molecular weight excluding hydrogens is 296 g/mol. The smallest absolute Gasteiger partial charge is 0.272 e. The Kier molecular flexibility index (Phi) is 3.09. The Bertz CT molecular complexity index is 685. The first-order valence-corrected chi connectivity index (χ1v) is 7.67. The fourth-order valence-corrected chi connectivity index (χ4v) is 3.97. The summed E-state index contributed by atoms with van der Waals surface area (Å²) in [4.78, 5) is 37.1. The Morgan fingerprint density at radius 3 is 2.22 bits per heavy atom. The predicted octanol–water partition coefficient (Wildman–Crippen LogP) is 0.558. The van der Waals surface area contributed by atoms with Gasteiger partial charge in [0.05, 0.1) is 11.8 Å². The normalized spacial score (nSPS) is 32.3. The van der Waals surface area contributed by atoms with Gasteiger partial charge in [0.15, 0.2) is 6.10 Å². The van der Waals surface area contributed by atoms with Crippen LogP contribution >= 0.6 is 0 Å². The summed E-state index contributed by atoms with van der Waals surface area (Å²) in [6.45, 7) is 0. The van der Waals surface area contributed by atoms with E-state index in [4.69, 9.17) is 0 Å². The summed E-state index contributed by atoms with van der Waals surface area (Å²) in [7, 11) is 0. The molecule has 0 aromatic heterocycles. The highest BCUT2D eigenvalue weighted by atomic mass is 16.3. The molecule has 0 unspecified atom stereocenters. The van der Waals surface area contributed by atoms with Crippen LogP contribution in [0, 0.1) is 23.7 Å². The molecule has 2 fully saturated rings. The van der Waals surface area contributed by atoms with Gasteiger partial charge in [0.25, 0.3) is 17.7 Å². The molecule has 3 aliphatic rings. The van der Waals surface area contributed by atoms with Crippen LogP contribution in [0.3, 0.4) is 0 Å². The molecular formula is C17H16N2O4. The number of fused-ring (bicyclic) bond motifs is 5. The number of nitrogens with one attached hydrogen (secondary N) is 1. The monoisotopic (exact) mass is 312 g/mol. The third-order valence-electron chi connectivity index (χ3n) is 5.06. The first kappa shape index (κ1) is 14.1. The molecule has 2 bridgehead atoms. The van der Waals surface area contributed by atoms with Crippen molar-refractivity contribution in [2.75, 3.05) is 0 Å². The highest BCUT2D eigenvalue weighted by Gasteiger charge is 2.59. The average molecular weight is 312 g/mol. The van der Waals surface area contributed by atoms with Crippen molar-refractivity contribution in [2.45, 2.75) is 12.5 Å². The molecule has 0 radical (unpaired) electrons. The van der Waals surface area contributed by atoms with Crippen LogP contribution in [0.25, 0.3) is 0 Å². The Morgan fingerprint density at radius 1 is 1.09 bits per heavy atom. The molecule has 118 valence electrons. The number of carbonyl (C=O) groups excluding carboxylic acids is 3. The number of nitrogens with zero attached hydrogens (tertiary/aromatic N) is 1. The number of allylic oxidation sites excluding steroid dienone is 2. The lowest BCUT2D eigenvalue weighted by molar-refractivity contribution is -0.152. The molecule has 0 spiro atoms. The van der Waals surface area contributed by atoms with Crippen molar-refractivity contribution in [2.24, 2.45) is 23.7 Å². The summed E-state index contributed by atoms with van der Waals surface area (Å²) in [6, 6.07) is 8.39. The van der Waals surface area contributed by atoms with Gasteiger partial charge in [0.2, 0.25) is 0 Å². The highest BCUT2D eigenvalue weighted by Crippen LogP contribution is 2.52. The van der Waals surface area contributed by atoms with Gasteiger partial charge in [0.1, 0.15) is 0 Å². The number of benzene rings is 1. The minimum atomic E-state index is -1.42. The lowest BCUT2D eigenvalue weighted by Crippen LogP contribution is -2.49. The number of amides is 3. The summed E-state index contributed by atoms with van der Waals surface area (Å²) in [5, 5.41) is 10.9. The number of aliphatic hydroxyl groups is 1. The molecule has 1 aromatic rings. The largest absolute Gasteiger partial charge is 0.378 e. The summed E-state index contributed by atoms with van der Waals surface area (Å²) in [5.74, 6) is -2.09. The van der Waals surface area contributed by atoms with Gasteiger partial charge in [-0.25, -0.2) is 0 Å². The van der Waals surface area contributed by atoms with E-state index in [0.29, 0.717) is 5.56 Å². The van der Waals surface area contributed by atoms with Crippen LogP contribution < -0.4 is 5.43 Å². The second kappa shape index (κ2) is 5.03. The molecule has 1 heterocycles. The SMILES string of the molecule is O=C(NN1C(=O)[C@@H]2[C@H](C1=O)[C@H]1C=C[C@@H]2C1)[C@H](O)c1ccccc1. The third kappa shape index (κ3) is 2.02. The highest BCUT2D eigenvalue weighted by molar-refractivity contribution is 6.07. The van der Waals surface area contributed by atoms with Crippen LogP contribution in [0.4, 0.5) is 0 Å². The lowest BCUT2D eigenvalue weighted by atomic mass is 9.85. The van der Waals surface area contributed by atoms with Gasteiger partial charge in [-0.15, -0.1) is 0 Å². The number of rotatable bonds is 3. The van der Waals surface area contributed by atoms with Crippen molar-refractivity contribution in [3.05, 3.63) is 48.0 Å². The molecule has 3 amide bonds.